The molecule has 0 radical (unpaired) electrons. The van der Waals surface area contributed by atoms with Crippen molar-refractivity contribution in [2.24, 2.45) is 0 Å². The molecule has 0 aliphatic carbocycles. The number of hydrogen-bond acceptors (Lipinski definition) is 4. The van der Waals surface area contributed by atoms with Crippen LogP contribution in [0, 0.1) is 18.6 Å². The van der Waals surface area contributed by atoms with Gasteiger partial charge in [0.15, 0.2) is 0 Å². The number of nitrogens with one attached hydrogen (secondary N) is 1. The van der Waals surface area contributed by atoms with Crippen molar-refractivity contribution in [3.63, 3.8) is 0 Å². The van der Waals surface area contributed by atoms with E-state index in [1.165, 1.54) is 24.3 Å². The average molecular weight is 593 g/mol. The van der Waals surface area contributed by atoms with Gasteiger partial charge in [-0.25, -0.2) is 21.9 Å². The Morgan fingerprint density at radius 3 is 2.44 bits per heavy atom. The van der Waals surface area contributed by atoms with Crippen molar-refractivity contribution < 1.29 is 26.7 Å². The molecule has 1 heterocycles. The number of ether oxygens (including phenoxy) is 1. The van der Waals surface area contributed by atoms with Gasteiger partial charge < -0.3 is 9.30 Å². The summed E-state index contributed by atoms with van der Waals surface area (Å²) in [5.41, 5.74) is 2.97. The highest BCUT2D eigenvalue weighted by Gasteiger charge is 2.20. The van der Waals surface area contributed by atoms with Crippen LogP contribution in [0.15, 0.2) is 108 Å². The summed E-state index contributed by atoms with van der Waals surface area (Å²) in [6.45, 7) is 1.72. The van der Waals surface area contributed by atoms with Gasteiger partial charge in [-0.3, -0.25) is 4.79 Å². The topological polar surface area (TPSA) is 77.4 Å². The van der Waals surface area contributed by atoms with Crippen LogP contribution in [0.4, 0.5) is 8.78 Å². The summed E-state index contributed by atoms with van der Waals surface area (Å²) in [5, 5.41) is 0.435. The van der Waals surface area contributed by atoms with Crippen LogP contribution in [0.5, 0.6) is 5.75 Å². The maximum Gasteiger partial charge on any atom is 0.265 e. The van der Waals surface area contributed by atoms with Gasteiger partial charge in [-0.1, -0.05) is 35.9 Å². The van der Waals surface area contributed by atoms with E-state index >= 15 is 0 Å². The molecule has 4 aromatic carbocycles. The predicted molar refractivity (Wildman–Crippen MR) is 153 cm³/mol. The highest BCUT2D eigenvalue weighted by atomic mass is 35.5. The predicted octanol–water partition coefficient (Wildman–Crippen LogP) is 7.08. The molecule has 0 atom stereocenters. The Balaban J connectivity index is 1.47. The van der Waals surface area contributed by atoms with E-state index in [1.54, 1.807) is 54.6 Å². The Morgan fingerprint density at radius 2 is 1.68 bits per heavy atom. The summed E-state index contributed by atoms with van der Waals surface area (Å²) >= 11 is 6.33. The summed E-state index contributed by atoms with van der Waals surface area (Å²) in [6, 6.07) is 26.1. The number of benzene rings is 4. The van der Waals surface area contributed by atoms with Crippen molar-refractivity contribution in [2.45, 2.75) is 18.4 Å². The molecule has 0 aliphatic heterocycles. The van der Waals surface area contributed by atoms with E-state index in [0.29, 0.717) is 27.7 Å². The lowest BCUT2D eigenvalue weighted by atomic mass is 10.1. The van der Waals surface area contributed by atoms with Gasteiger partial charge in [-0.05, 0) is 79.7 Å². The van der Waals surface area contributed by atoms with E-state index in [4.69, 9.17) is 16.3 Å². The molecule has 0 saturated carbocycles. The highest BCUT2D eigenvalue weighted by molar-refractivity contribution is 7.90. The Labute approximate surface area is 240 Å². The lowest BCUT2D eigenvalue weighted by molar-refractivity contribution is 0.0981. The SMILES string of the molecule is Cc1ccc(-c2cc(Cl)ccc2OCc2ccc(F)cc2F)n1-c1cccc(C(=O)NS(=O)(=O)c2ccccc2)c1. The minimum absolute atomic E-state index is 0.0259. The van der Waals surface area contributed by atoms with Crippen LogP contribution in [-0.2, 0) is 16.6 Å². The van der Waals surface area contributed by atoms with Gasteiger partial charge in [0.05, 0.1) is 10.6 Å². The third-order valence-electron chi connectivity index (χ3n) is 6.34. The molecule has 1 N–H and O–H groups in total. The minimum atomic E-state index is -4.06. The van der Waals surface area contributed by atoms with Crippen LogP contribution in [0.25, 0.3) is 16.9 Å². The summed E-state index contributed by atoms with van der Waals surface area (Å²) in [5.74, 6) is -1.78. The molecule has 1 amide bonds. The fourth-order valence-corrected chi connectivity index (χ4v) is 5.51. The Hall–Kier alpha value is -4.47. The normalized spacial score (nSPS) is 11.3. The van der Waals surface area contributed by atoms with Crippen LogP contribution in [-0.4, -0.2) is 18.9 Å². The third-order valence-corrected chi connectivity index (χ3v) is 7.92. The van der Waals surface area contributed by atoms with Crippen molar-refractivity contribution in [1.29, 1.82) is 0 Å². The zero-order valence-electron chi connectivity index (χ0n) is 21.6. The van der Waals surface area contributed by atoms with Gasteiger partial charge in [-0.15, -0.1) is 0 Å². The Bertz CT molecular complexity index is 1860. The van der Waals surface area contributed by atoms with Gasteiger partial charge in [0.1, 0.15) is 24.0 Å². The zero-order chi connectivity index (χ0) is 29.1. The largest absolute Gasteiger partial charge is 0.488 e. The number of sulfonamides is 1. The van der Waals surface area contributed by atoms with Crippen molar-refractivity contribution >= 4 is 27.5 Å². The van der Waals surface area contributed by atoms with E-state index in [9.17, 15) is 22.0 Å². The second-order valence-corrected chi connectivity index (χ2v) is 11.3. The van der Waals surface area contributed by atoms with Crippen LogP contribution < -0.4 is 9.46 Å². The monoisotopic (exact) mass is 592 g/mol. The number of halogens is 3. The molecule has 208 valence electrons. The lowest BCUT2D eigenvalue weighted by Crippen LogP contribution is -2.30. The van der Waals surface area contributed by atoms with Crippen molar-refractivity contribution in [1.82, 2.24) is 9.29 Å². The molecule has 0 saturated heterocycles. The molecule has 0 aliphatic rings. The molecule has 5 aromatic rings. The van der Waals surface area contributed by atoms with E-state index in [0.717, 1.165) is 17.8 Å². The summed E-state index contributed by atoms with van der Waals surface area (Å²) < 4.78 is 62.8. The second kappa shape index (κ2) is 11.6. The molecule has 10 heteroatoms. The molecule has 0 unspecified atom stereocenters. The molecule has 0 spiro atoms. The average Bonchev–Trinajstić information content (AvgIpc) is 3.34. The molecular formula is C31H23ClF2N2O4S. The van der Waals surface area contributed by atoms with E-state index in [-0.39, 0.29) is 22.6 Å². The third kappa shape index (κ3) is 6.16. The number of carbonyl (C=O) groups is 1. The number of aryl methyl sites for hydroxylation is 1. The molecule has 0 bridgehead atoms. The quantitative estimate of drug-likeness (QED) is 0.209. The minimum Gasteiger partial charge on any atom is -0.488 e. The van der Waals surface area contributed by atoms with Crippen molar-refractivity contribution in [3.8, 4) is 22.7 Å². The van der Waals surface area contributed by atoms with E-state index < -0.39 is 27.6 Å². The smallest absolute Gasteiger partial charge is 0.265 e. The van der Waals surface area contributed by atoms with E-state index in [2.05, 4.69) is 4.72 Å². The van der Waals surface area contributed by atoms with Crippen LogP contribution in [0.3, 0.4) is 0 Å². The summed E-state index contributed by atoms with van der Waals surface area (Å²) in [7, 11) is -4.06. The second-order valence-electron chi connectivity index (χ2n) is 9.16. The van der Waals surface area contributed by atoms with E-state index in [1.807, 2.05) is 23.6 Å². The molecular weight excluding hydrogens is 570 g/mol. The fourth-order valence-electron chi connectivity index (χ4n) is 4.34. The molecule has 5 rings (SSSR count). The number of carbonyl (C=O) groups excluding carboxylic acids is 1. The van der Waals surface area contributed by atoms with Gasteiger partial charge >= 0.3 is 0 Å². The molecule has 0 fully saturated rings. The summed E-state index contributed by atoms with van der Waals surface area (Å²) in [6.07, 6.45) is 0. The Morgan fingerprint density at radius 1 is 0.902 bits per heavy atom. The first-order valence-electron chi connectivity index (χ1n) is 12.4. The van der Waals surface area contributed by atoms with Gasteiger partial charge in [-0.2, -0.15) is 0 Å². The van der Waals surface area contributed by atoms with Crippen molar-refractivity contribution in [2.75, 3.05) is 0 Å². The number of aromatic nitrogens is 1. The van der Waals surface area contributed by atoms with Gasteiger partial charge in [0.2, 0.25) is 0 Å². The molecule has 6 nitrogen and oxygen atoms in total. The zero-order valence-corrected chi connectivity index (χ0v) is 23.2. The maximum atomic E-state index is 14.2. The van der Waals surface area contributed by atoms with Crippen LogP contribution in [0.1, 0.15) is 21.6 Å². The van der Waals surface area contributed by atoms with Gasteiger partial charge in [0.25, 0.3) is 15.9 Å². The fraction of sp³-hybridized carbons (Fsp3) is 0.0645. The van der Waals surface area contributed by atoms with Gasteiger partial charge in [0, 0.05) is 39.2 Å². The first kappa shape index (κ1) is 28.1. The highest BCUT2D eigenvalue weighted by Crippen LogP contribution is 2.36. The Kier molecular flexibility index (Phi) is 7.92. The standard InChI is InChI=1S/C31H23ClF2N2O4S/c1-20-10-14-29(27-17-23(32)12-15-30(27)40-19-22-11-13-24(33)18-28(22)34)36(20)25-7-5-6-21(16-25)31(37)35-41(38,39)26-8-3-2-4-9-26/h2-18H,19H2,1H3,(H,35,37). The molecule has 1 aromatic heterocycles. The van der Waals surface area contributed by atoms with Crippen LogP contribution >= 0.6 is 11.6 Å². The first-order chi connectivity index (χ1) is 19.6. The number of amides is 1. The molecule has 41 heavy (non-hydrogen) atoms. The lowest BCUT2D eigenvalue weighted by Gasteiger charge is -2.17. The van der Waals surface area contributed by atoms with Crippen LogP contribution in [0.2, 0.25) is 5.02 Å². The number of nitrogens with zero attached hydrogens (tertiary/aromatic N) is 1. The number of rotatable bonds is 8. The maximum absolute atomic E-state index is 14.2. The first-order valence-corrected chi connectivity index (χ1v) is 14.3. The number of hydrogen-bond donors (Lipinski definition) is 1. The summed E-state index contributed by atoms with van der Waals surface area (Å²) in [4.78, 5) is 12.9. The van der Waals surface area contributed by atoms with Crippen molar-refractivity contribution in [3.05, 3.63) is 137 Å².